The molecule has 1 atom stereocenters. The van der Waals surface area contributed by atoms with Crippen LogP contribution in [-0.4, -0.2) is 37.9 Å². The van der Waals surface area contributed by atoms with Gasteiger partial charge in [0.15, 0.2) is 0 Å². The average Bonchev–Trinajstić information content (AvgIpc) is 2.56. The quantitative estimate of drug-likeness (QED) is 0.419. The minimum Gasteiger partial charge on any atom is -0.465 e. The summed E-state index contributed by atoms with van der Waals surface area (Å²) in [5.74, 6) is -1.29. The van der Waals surface area contributed by atoms with Gasteiger partial charge in [-0.2, -0.15) is 0 Å². The number of esters is 2. The van der Waals surface area contributed by atoms with Crippen LogP contribution in [0, 0.1) is 5.41 Å². The Balaban J connectivity index is 3.12. The zero-order valence-corrected chi connectivity index (χ0v) is 10.4. The summed E-state index contributed by atoms with van der Waals surface area (Å²) < 4.78 is 15.2. The van der Waals surface area contributed by atoms with E-state index in [-0.39, 0.29) is 19.8 Å². The van der Waals surface area contributed by atoms with Gasteiger partial charge in [0, 0.05) is 0 Å². The van der Waals surface area contributed by atoms with Crippen molar-refractivity contribution in [2.75, 3.05) is 19.8 Å². The molecule has 1 heterocycles. The van der Waals surface area contributed by atoms with E-state index in [1.54, 1.807) is 20.8 Å². The monoisotopic (exact) mass is 242 g/mol. The van der Waals surface area contributed by atoms with Crippen molar-refractivity contribution in [3.05, 3.63) is 12.2 Å². The Labute approximate surface area is 101 Å². The van der Waals surface area contributed by atoms with Crippen molar-refractivity contribution >= 4 is 11.9 Å². The standard InChI is InChI=1S/C12H18O5/c1-5-15-10(13)12(11(14)16-6-2)8(3)7-17-9(12)4/h9H,3,5-7H2,1-2,4H3/t9-/m0/s1. The Morgan fingerprint density at radius 1 is 1.35 bits per heavy atom. The fourth-order valence-corrected chi connectivity index (χ4v) is 1.95. The van der Waals surface area contributed by atoms with Gasteiger partial charge in [-0.3, -0.25) is 9.59 Å². The van der Waals surface area contributed by atoms with Gasteiger partial charge in [-0.25, -0.2) is 0 Å². The lowest BCUT2D eigenvalue weighted by Gasteiger charge is -2.27. The average molecular weight is 242 g/mol. The van der Waals surface area contributed by atoms with Crippen LogP contribution in [0.5, 0.6) is 0 Å². The van der Waals surface area contributed by atoms with E-state index < -0.39 is 23.5 Å². The third-order valence-corrected chi connectivity index (χ3v) is 2.87. The third kappa shape index (κ3) is 2.07. The Kier molecular flexibility index (Phi) is 4.28. The molecule has 1 fully saturated rings. The molecular weight excluding hydrogens is 224 g/mol. The predicted octanol–water partition coefficient (Wildman–Crippen LogP) is 1.07. The summed E-state index contributed by atoms with van der Waals surface area (Å²) in [4.78, 5) is 24.1. The normalized spacial score (nSPS) is 22.3. The van der Waals surface area contributed by atoms with Crippen molar-refractivity contribution in [3.63, 3.8) is 0 Å². The summed E-state index contributed by atoms with van der Waals surface area (Å²) in [5.41, 5.74) is -1.12. The van der Waals surface area contributed by atoms with E-state index in [0.29, 0.717) is 5.57 Å². The minimum absolute atomic E-state index is 0.165. The van der Waals surface area contributed by atoms with E-state index >= 15 is 0 Å². The van der Waals surface area contributed by atoms with Crippen LogP contribution in [0.25, 0.3) is 0 Å². The lowest BCUT2D eigenvalue weighted by molar-refractivity contribution is -0.172. The van der Waals surface area contributed by atoms with Gasteiger partial charge in [0.05, 0.1) is 25.9 Å². The lowest BCUT2D eigenvalue weighted by atomic mass is 9.78. The maximum atomic E-state index is 12.0. The van der Waals surface area contributed by atoms with Crippen LogP contribution >= 0.6 is 0 Å². The third-order valence-electron chi connectivity index (χ3n) is 2.87. The lowest BCUT2D eigenvalue weighted by Crippen LogP contribution is -2.48. The molecule has 5 heteroatoms. The van der Waals surface area contributed by atoms with Crippen molar-refractivity contribution in [1.29, 1.82) is 0 Å². The van der Waals surface area contributed by atoms with Crippen LogP contribution in [0.1, 0.15) is 20.8 Å². The molecule has 0 saturated carbocycles. The van der Waals surface area contributed by atoms with Crippen LogP contribution < -0.4 is 0 Å². The molecule has 0 spiro atoms. The van der Waals surface area contributed by atoms with Crippen molar-refractivity contribution in [2.24, 2.45) is 5.41 Å². The molecule has 0 bridgehead atoms. The van der Waals surface area contributed by atoms with Gasteiger partial charge in [-0.1, -0.05) is 6.58 Å². The number of ether oxygens (including phenoxy) is 3. The van der Waals surface area contributed by atoms with Crippen LogP contribution in [0.4, 0.5) is 0 Å². The summed E-state index contributed by atoms with van der Waals surface area (Å²) in [6, 6.07) is 0. The maximum absolute atomic E-state index is 12.0. The molecule has 0 aromatic rings. The van der Waals surface area contributed by atoms with E-state index in [0.717, 1.165) is 0 Å². The van der Waals surface area contributed by atoms with E-state index in [9.17, 15) is 9.59 Å². The minimum atomic E-state index is -1.51. The number of rotatable bonds is 4. The summed E-state index contributed by atoms with van der Waals surface area (Å²) in [6.45, 7) is 9.30. The van der Waals surface area contributed by atoms with Crippen molar-refractivity contribution in [2.45, 2.75) is 26.9 Å². The van der Waals surface area contributed by atoms with Gasteiger partial charge in [0.1, 0.15) is 0 Å². The molecule has 0 aromatic carbocycles. The molecular formula is C12H18O5. The van der Waals surface area contributed by atoms with Crippen molar-refractivity contribution < 1.29 is 23.8 Å². The highest BCUT2D eigenvalue weighted by Crippen LogP contribution is 2.41. The fraction of sp³-hybridized carbons (Fsp3) is 0.667. The van der Waals surface area contributed by atoms with E-state index in [4.69, 9.17) is 14.2 Å². The van der Waals surface area contributed by atoms with Crippen LogP contribution in [0.3, 0.4) is 0 Å². The van der Waals surface area contributed by atoms with Crippen molar-refractivity contribution in [3.8, 4) is 0 Å². The first-order valence-electron chi connectivity index (χ1n) is 5.66. The van der Waals surface area contributed by atoms with Gasteiger partial charge in [0.2, 0.25) is 5.41 Å². The van der Waals surface area contributed by atoms with Gasteiger partial charge in [0.25, 0.3) is 0 Å². The Bertz CT molecular complexity index is 316. The predicted molar refractivity (Wildman–Crippen MR) is 60.3 cm³/mol. The molecule has 0 aromatic heterocycles. The van der Waals surface area contributed by atoms with Crippen LogP contribution in [0.2, 0.25) is 0 Å². The molecule has 0 amide bonds. The zero-order valence-electron chi connectivity index (χ0n) is 10.4. The van der Waals surface area contributed by atoms with Gasteiger partial charge < -0.3 is 14.2 Å². The molecule has 1 saturated heterocycles. The second-order valence-corrected chi connectivity index (χ2v) is 3.81. The highest BCUT2D eigenvalue weighted by Gasteiger charge is 2.59. The second kappa shape index (κ2) is 5.31. The first-order chi connectivity index (χ1) is 8.01. The molecule has 17 heavy (non-hydrogen) atoms. The summed E-state index contributed by atoms with van der Waals surface area (Å²) >= 11 is 0. The number of carbonyl (C=O) groups excluding carboxylic acids is 2. The summed E-state index contributed by atoms with van der Waals surface area (Å²) in [5, 5.41) is 0. The largest absolute Gasteiger partial charge is 0.465 e. The number of hydrogen-bond donors (Lipinski definition) is 0. The van der Waals surface area contributed by atoms with Crippen LogP contribution in [-0.2, 0) is 23.8 Å². The Morgan fingerprint density at radius 3 is 2.12 bits per heavy atom. The van der Waals surface area contributed by atoms with Gasteiger partial charge in [-0.15, -0.1) is 0 Å². The smallest absolute Gasteiger partial charge is 0.330 e. The summed E-state index contributed by atoms with van der Waals surface area (Å²) in [7, 11) is 0. The van der Waals surface area contributed by atoms with Gasteiger partial charge in [-0.05, 0) is 26.3 Å². The Hall–Kier alpha value is -1.36. The Morgan fingerprint density at radius 2 is 1.82 bits per heavy atom. The number of hydrogen-bond acceptors (Lipinski definition) is 5. The molecule has 96 valence electrons. The van der Waals surface area contributed by atoms with E-state index in [2.05, 4.69) is 6.58 Å². The van der Waals surface area contributed by atoms with Gasteiger partial charge >= 0.3 is 11.9 Å². The van der Waals surface area contributed by atoms with E-state index in [1.165, 1.54) is 0 Å². The van der Waals surface area contributed by atoms with E-state index in [1.807, 2.05) is 0 Å². The molecule has 1 aliphatic heterocycles. The SMILES string of the molecule is C=C1CO[C@@H](C)C1(C(=O)OCC)C(=O)OCC. The maximum Gasteiger partial charge on any atom is 0.330 e. The molecule has 0 aliphatic carbocycles. The topological polar surface area (TPSA) is 61.8 Å². The fourth-order valence-electron chi connectivity index (χ4n) is 1.95. The highest BCUT2D eigenvalue weighted by molar-refractivity contribution is 6.04. The molecule has 1 aliphatic rings. The number of carbonyl (C=O) groups is 2. The molecule has 5 nitrogen and oxygen atoms in total. The molecule has 1 rings (SSSR count). The molecule has 0 unspecified atom stereocenters. The summed E-state index contributed by atoms with van der Waals surface area (Å²) in [6.07, 6.45) is -0.618. The first kappa shape index (κ1) is 13.7. The first-order valence-corrected chi connectivity index (χ1v) is 5.66. The molecule has 0 radical (unpaired) electrons. The zero-order chi connectivity index (χ0) is 13.1. The van der Waals surface area contributed by atoms with Crippen LogP contribution in [0.15, 0.2) is 12.2 Å². The molecule has 0 N–H and O–H groups in total. The van der Waals surface area contributed by atoms with Crippen molar-refractivity contribution in [1.82, 2.24) is 0 Å². The second-order valence-electron chi connectivity index (χ2n) is 3.81. The highest BCUT2D eigenvalue weighted by atomic mass is 16.6.